The molecule has 0 spiro atoms. The third-order valence-corrected chi connectivity index (χ3v) is 12.9. The van der Waals surface area contributed by atoms with Crippen molar-refractivity contribution < 1.29 is 19.7 Å². The van der Waals surface area contributed by atoms with Crippen molar-refractivity contribution in [2.45, 2.75) is 348 Å². The summed E-state index contributed by atoms with van der Waals surface area (Å²) in [5.74, 6) is -0.777. The topological polar surface area (TPSA) is 66.8 Å². The van der Waals surface area contributed by atoms with Gasteiger partial charge >= 0.3 is 5.97 Å². The first kappa shape index (κ1) is 61.5. The van der Waals surface area contributed by atoms with Crippen molar-refractivity contribution in [3.63, 3.8) is 0 Å². The van der Waals surface area contributed by atoms with Crippen LogP contribution in [0.25, 0.3) is 0 Å². The van der Waals surface area contributed by atoms with Gasteiger partial charge in [0.05, 0.1) is 6.10 Å². The molecule has 2 N–H and O–H groups in total. The Bertz CT molecular complexity index is 756. The van der Waals surface area contributed by atoms with Crippen LogP contribution in [0.15, 0.2) is 0 Å². The Balaban J connectivity index is 0. The Morgan fingerprint density at radius 1 is 0.317 bits per heavy atom. The van der Waals surface area contributed by atoms with Crippen molar-refractivity contribution in [3.05, 3.63) is 0 Å². The molecule has 0 fully saturated rings. The predicted molar refractivity (Wildman–Crippen MR) is 268 cm³/mol. The molecule has 0 saturated heterocycles. The van der Waals surface area contributed by atoms with Gasteiger partial charge in [-0.1, -0.05) is 310 Å². The van der Waals surface area contributed by atoms with Crippen LogP contribution < -0.4 is 0 Å². The summed E-state index contributed by atoms with van der Waals surface area (Å²) in [6.45, 7) is 9.70. The summed E-state index contributed by atoms with van der Waals surface area (Å²) in [6.07, 6.45) is 62.7. The number of carboxylic acid groups (broad SMARTS) is 1. The van der Waals surface area contributed by atoms with E-state index in [0.29, 0.717) is 13.0 Å². The molecule has 0 aliphatic carbocycles. The number of carboxylic acids is 1. The molecule has 0 radical (unpaired) electrons. The molecule has 0 bridgehead atoms. The quantitative estimate of drug-likeness (QED) is 0.0598. The van der Waals surface area contributed by atoms with Crippen molar-refractivity contribution in [2.75, 3.05) is 6.61 Å². The van der Waals surface area contributed by atoms with Crippen molar-refractivity contribution in [2.24, 2.45) is 0 Å². The Labute approximate surface area is 379 Å². The van der Waals surface area contributed by atoms with Crippen LogP contribution in [-0.4, -0.2) is 35.0 Å². The lowest BCUT2D eigenvalue weighted by Crippen LogP contribution is -2.24. The van der Waals surface area contributed by atoms with E-state index in [2.05, 4.69) is 27.7 Å². The van der Waals surface area contributed by atoms with Crippen molar-refractivity contribution in [3.8, 4) is 0 Å². The standard InChI is InChI=1S/C36H72O3.C20H42O/c1-3-5-7-9-11-13-15-17-19-20-22-24-26-28-30-32-34-39-35(36(37)38)33-31-29-27-25-23-21-18-16-14-12-10-8-6-4-2;1-3-5-7-9-11-12-13-15-17-19-20(21)18-16-14-10-8-6-4-2/h35H,3-34H2,1-2H3,(H,37,38);20-21H,3-19H2,1-2H3. The molecule has 4 nitrogen and oxygen atoms in total. The van der Waals surface area contributed by atoms with Crippen LogP contribution in [0.4, 0.5) is 0 Å². The number of aliphatic hydroxyl groups excluding tert-OH is 1. The molecule has 0 aromatic heterocycles. The summed E-state index contributed by atoms with van der Waals surface area (Å²) in [5, 5.41) is 19.4. The first-order valence-electron chi connectivity index (χ1n) is 28.1. The molecule has 0 rings (SSSR count). The molecule has 0 aliphatic rings. The number of rotatable bonds is 51. The second-order valence-electron chi connectivity index (χ2n) is 19.2. The molecule has 2 unspecified atom stereocenters. The van der Waals surface area contributed by atoms with Crippen LogP contribution in [-0.2, 0) is 9.53 Å². The van der Waals surface area contributed by atoms with E-state index >= 15 is 0 Å². The maximum atomic E-state index is 11.5. The summed E-state index contributed by atoms with van der Waals surface area (Å²) in [7, 11) is 0. The highest BCUT2D eigenvalue weighted by Gasteiger charge is 2.17. The van der Waals surface area contributed by atoms with Gasteiger partial charge in [-0.2, -0.15) is 0 Å². The SMILES string of the molecule is CCCCCCCCCCCC(O)CCCCCCCC.CCCCCCCCCCCCCCCCCCOC(CCCCCCCCCCCCCCCC)C(=O)O. The summed E-state index contributed by atoms with van der Waals surface area (Å²) in [6, 6.07) is 0. The van der Waals surface area contributed by atoms with Crippen LogP contribution >= 0.6 is 0 Å². The number of aliphatic carboxylic acids is 1. The largest absolute Gasteiger partial charge is 0.479 e. The van der Waals surface area contributed by atoms with E-state index in [1.54, 1.807) is 0 Å². The van der Waals surface area contributed by atoms with Crippen LogP contribution in [0.5, 0.6) is 0 Å². The summed E-state index contributed by atoms with van der Waals surface area (Å²) in [4.78, 5) is 11.5. The molecule has 60 heavy (non-hydrogen) atoms. The molecule has 4 heteroatoms. The third kappa shape index (κ3) is 55.4. The smallest absolute Gasteiger partial charge is 0.332 e. The fraction of sp³-hybridized carbons (Fsp3) is 0.982. The average Bonchev–Trinajstić information content (AvgIpc) is 3.24. The monoisotopic (exact) mass is 851 g/mol. The van der Waals surface area contributed by atoms with Crippen LogP contribution in [0.1, 0.15) is 336 Å². The van der Waals surface area contributed by atoms with Gasteiger partial charge in [-0.15, -0.1) is 0 Å². The lowest BCUT2D eigenvalue weighted by atomic mass is 10.0. The van der Waals surface area contributed by atoms with Gasteiger partial charge in [0.25, 0.3) is 0 Å². The fourth-order valence-corrected chi connectivity index (χ4v) is 8.67. The number of hydrogen-bond acceptors (Lipinski definition) is 3. The number of aliphatic hydroxyl groups is 1. The summed E-state index contributed by atoms with van der Waals surface area (Å²) >= 11 is 0. The van der Waals surface area contributed by atoms with Crippen LogP contribution in [0, 0.1) is 0 Å². The first-order valence-corrected chi connectivity index (χ1v) is 28.1. The second-order valence-corrected chi connectivity index (χ2v) is 19.2. The van der Waals surface area contributed by atoms with Gasteiger partial charge in [-0.05, 0) is 25.7 Å². The molecule has 0 aliphatic heterocycles. The van der Waals surface area contributed by atoms with E-state index in [1.807, 2.05) is 0 Å². The third-order valence-electron chi connectivity index (χ3n) is 12.9. The van der Waals surface area contributed by atoms with E-state index in [9.17, 15) is 15.0 Å². The first-order chi connectivity index (χ1) is 29.5. The van der Waals surface area contributed by atoms with Gasteiger partial charge in [-0.3, -0.25) is 0 Å². The van der Waals surface area contributed by atoms with Gasteiger partial charge in [0, 0.05) is 6.61 Å². The zero-order chi connectivity index (χ0) is 44.1. The minimum absolute atomic E-state index is 0.0271. The highest BCUT2D eigenvalue weighted by molar-refractivity contribution is 5.72. The van der Waals surface area contributed by atoms with Gasteiger partial charge in [0.2, 0.25) is 0 Å². The van der Waals surface area contributed by atoms with E-state index in [4.69, 9.17) is 4.74 Å². The molecule has 362 valence electrons. The van der Waals surface area contributed by atoms with E-state index in [0.717, 1.165) is 32.1 Å². The highest BCUT2D eigenvalue weighted by atomic mass is 16.5. The number of unbranched alkanes of at least 4 members (excludes halogenated alkanes) is 41. The number of ether oxygens (including phenoxy) is 1. The number of hydrogen-bond donors (Lipinski definition) is 2. The predicted octanol–water partition coefficient (Wildman–Crippen LogP) is 19.6. The summed E-state index contributed by atoms with van der Waals surface area (Å²) in [5.41, 5.74) is 0. The highest BCUT2D eigenvalue weighted by Crippen LogP contribution is 2.18. The molecule has 0 amide bonds. The van der Waals surface area contributed by atoms with Crippen LogP contribution in [0.3, 0.4) is 0 Å². The van der Waals surface area contributed by atoms with Crippen molar-refractivity contribution in [1.82, 2.24) is 0 Å². The Kier molecular flexibility index (Phi) is 57.8. The maximum Gasteiger partial charge on any atom is 0.332 e. The van der Waals surface area contributed by atoms with E-state index in [1.165, 1.54) is 270 Å². The molecule has 0 aromatic rings. The second kappa shape index (κ2) is 56.4. The molecule has 0 heterocycles. The molecule has 2 atom stereocenters. The van der Waals surface area contributed by atoms with Crippen molar-refractivity contribution >= 4 is 5.97 Å². The number of carbonyl (C=O) groups is 1. The summed E-state index contributed by atoms with van der Waals surface area (Å²) < 4.78 is 5.74. The van der Waals surface area contributed by atoms with Crippen molar-refractivity contribution in [1.29, 1.82) is 0 Å². The Hall–Kier alpha value is -0.610. The minimum atomic E-state index is -0.777. The van der Waals surface area contributed by atoms with Crippen LogP contribution in [0.2, 0.25) is 0 Å². The van der Waals surface area contributed by atoms with Gasteiger partial charge < -0.3 is 14.9 Å². The molecular formula is C56H114O4. The lowest BCUT2D eigenvalue weighted by Gasteiger charge is -2.13. The zero-order valence-electron chi connectivity index (χ0n) is 42.0. The minimum Gasteiger partial charge on any atom is -0.479 e. The molecule has 0 aromatic carbocycles. The molecular weight excluding hydrogens is 737 g/mol. The van der Waals surface area contributed by atoms with E-state index in [-0.39, 0.29) is 6.10 Å². The maximum absolute atomic E-state index is 11.5. The Morgan fingerprint density at radius 3 is 0.750 bits per heavy atom. The van der Waals surface area contributed by atoms with Gasteiger partial charge in [0.1, 0.15) is 0 Å². The Morgan fingerprint density at radius 2 is 0.517 bits per heavy atom. The van der Waals surface area contributed by atoms with Gasteiger partial charge in [-0.25, -0.2) is 4.79 Å². The zero-order valence-corrected chi connectivity index (χ0v) is 42.0. The average molecular weight is 852 g/mol. The molecule has 0 saturated carbocycles. The van der Waals surface area contributed by atoms with E-state index < -0.39 is 12.1 Å². The fourth-order valence-electron chi connectivity index (χ4n) is 8.67. The normalized spacial score (nSPS) is 12.4. The van der Waals surface area contributed by atoms with Gasteiger partial charge in [0.15, 0.2) is 6.10 Å². The lowest BCUT2D eigenvalue weighted by molar-refractivity contribution is -0.151.